The van der Waals surface area contributed by atoms with Crippen molar-refractivity contribution in [1.29, 1.82) is 0 Å². The molecule has 2 heterocycles. The Hall–Kier alpha value is -1.29. The number of likely N-dealkylation sites (tertiary alicyclic amines) is 1. The first-order valence-corrected chi connectivity index (χ1v) is 6.77. The Morgan fingerprint density at radius 1 is 1.56 bits per heavy atom. The fraction of sp³-hybridized carbons (Fsp3) is 0.643. The van der Waals surface area contributed by atoms with Gasteiger partial charge in [-0.1, -0.05) is 13.8 Å². The minimum Gasteiger partial charge on any atom is -0.456 e. The lowest BCUT2D eigenvalue weighted by molar-refractivity contribution is 0.0499. The van der Waals surface area contributed by atoms with E-state index in [2.05, 4.69) is 6.92 Å². The number of carbonyl (C=O) groups excluding carboxylic acids is 1. The van der Waals surface area contributed by atoms with Crippen LogP contribution in [0.15, 0.2) is 16.5 Å². The van der Waals surface area contributed by atoms with E-state index in [1.54, 1.807) is 6.07 Å². The second-order valence-corrected chi connectivity index (χ2v) is 5.04. The third kappa shape index (κ3) is 2.43. The highest BCUT2D eigenvalue weighted by molar-refractivity contribution is 5.91. The van der Waals surface area contributed by atoms with Gasteiger partial charge in [-0.25, -0.2) is 0 Å². The molecule has 0 unspecified atom stereocenters. The van der Waals surface area contributed by atoms with Gasteiger partial charge in [-0.2, -0.15) is 0 Å². The van der Waals surface area contributed by atoms with Crippen LogP contribution >= 0.6 is 0 Å². The first-order chi connectivity index (χ1) is 8.67. The molecule has 0 bridgehead atoms. The SMILES string of the molecule is CCc1ccc(C(=O)N2CCC[C@H](C)[C@@H]2CN)o1. The van der Waals surface area contributed by atoms with Gasteiger partial charge in [0.05, 0.1) is 0 Å². The predicted octanol–water partition coefficient (Wildman–Crippen LogP) is 2.04. The topological polar surface area (TPSA) is 59.5 Å². The molecule has 4 nitrogen and oxygen atoms in total. The fourth-order valence-corrected chi connectivity index (χ4v) is 2.69. The summed E-state index contributed by atoms with van der Waals surface area (Å²) < 4.78 is 5.54. The van der Waals surface area contributed by atoms with Crippen molar-refractivity contribution in [2.24, 2.45) is 11.7 Å². The van der Waals surface area contributed by atoms with E-state index in [1.165, 1.54) is 0 Å². The molecule has 0 aromatic carbocycles. The predicted molar refractivity (Wildman–Crippen MR) is 70.4 cm³/mol. The minimum absolute atomic E-state index is 0.0169. The van der Waals surface area contributed by atoms with Gasteiger partial charge in [0.1, 0.15) is 5.76 Å². The van der Waals surface area contributed by atoms with Gasteiger partial charge in [0, 0.05) is 25.6 Å². The Balaban J connectivity index is 2.16. The molecule has 1 saturated heterocycles. The Bertz CT molecular complexity index is 414. The molecule has 1 fully saturated rings. The van der Waals surface area contributed by atoms with Crippen molar-refractivity contribution in [3.05, 3.63) is 23.7 Å². The molecule has 1 amide bonds. The number of furan rings is 1. The first-order valence-electron chi connectivity index (χ1n) is 6.77. The van der Waals surface area contributed by atoms with Crippen molar-refractivity contribution in [3.63, 3.8) is 0 Å². The third-order valence-corrected chi connectivity index (χ3v) is 3.84. The molecular weight excluding hydrogens is 228 g/mol. The van der Waals surface area contributed by atoms with Crippen molar-refractivity contribution in [1.82, 2.24) is 4.90 Å². The summed E-state index contributed by atoms with van der Waals surface area (Å²) in [5.41, 5.74) is 5.81. The number of amides is 1. The average molecular weight is 250 g/mol. The zero-order valence-electron chi connectivity index (χ0n) is 11.2. The molecule has 18 heavy (non-hydrogen) atoms. The summed E-state index contributed by atoms with van der Waals surface area (Å²) in [6, 6.07) is 3.79. The zero-order chi connectivity index (χ0) is 13.1. The Kier molecular flexibility index (Phi) is 4.07. The Labute approximate surface area is 108 Å². The lowest BCUT2D eigenvalue weighted by Gasteiger charge is -2.38. The summed E-state index contributed by atoms with van der Waals surface area (Å²) in [5.74, 6) is 1.75. The summed E-state index contributed by atoms with van der Waals surface area (Å²) in [4.78, 5) is 14.3. The van der Waals surface area contributed by atoms with Gasteiger partial charge in [0.25, 0.3) is 5.91 Å². The third-order valence-electron chi connectivity index (χ3n) is 3.84. The smallest absolute Gasteiger partial charge is 0.289 e. The molecule has 1 aromatic heterocycles. The monoisotopic (exact) mass is 250 g/mol. The van der Waals surface area contributed by atoms with Gasteiger partial charge in [-0.05, 0) is 30.9 Å². The van der Waals surface area contributed by atoms with Crippen LogP contribution in [0.4, 0.5) is 0 Å². The van der Waals surface area contributed by atoms with E-state index in [0.717, 1.165) is 31.6 Å². The maximum atomic E-state index is 12.4. The van der Waals surface area contributed by atoms with Crippen LogP contribution in [-0.2, 0) is 6.42 Å². The highest BCUT2D eigenvalue weighted by Gasteiger charge is 2.32. The molecule has 100 valence electrons. The maximum absolute atomic E-state index is 12.4. The van der Waals surface area contributed by atoms with Crippen LogP contribution in [0.2, 0.25) is 0 Å². The summed E-state index contributed by atoms with van der Waals surface area (Å²) >= 11 is 0. The summed E-state index contributed by atoms with van der Waals surface area (Å²) in [5, 5.41) is 0. The summed E-state index contributed by atoms with van der Waals surface area (Å²) in [6.07, 6.45) is 3.00. The standard InChI is InChI=1S/C14H22N2O2/c1-3-11-6-7-13(18-11)14(17)16-8-4-5-10(2)12(16)9-15/h6-7,10,12H,3-5,8-9,15H2,1-2H3/t10-,12-/m0/s1. The van der Waals surface area contributed by atoms with Crippen LogP contribution in [0.3, 0.4) is 0 Å². The summed E-state index contributed by atoms with van der Waals surface area (Å²) in [7, 11) is 0. The van der Waals surface area contributed by atoms with Crippen LogP contribution in [0.25, 0.3) is 0 Å². The molecule has 0 aliphatic carbocycles. The number of nitrogens with zero attached hydrogens (tertiary/aromatic N) is 1. The van der Waals surface area contributed by atoms with Crippen LogP contribution in [0, 0.1) is 5.92 Å². The van der Waals surface area contributed by atoms with Crippen LogP contribution in [0.1, 0.15) is 43.0 Å². The normalized spacial score (nSPS) is 24.3. The van der Waals surface area contributed by atoms with Crippen molar-refractivity contribution >= 4 is 5.91 Å². The van der Waals surface area contributed by atoms with Gasteiger partial charge in [-0.15, -0.1) is 0 Å². The molecule has 2 rings (SSSR count). The van der Waals surface area contributed by atoms with E-state index in [1.807, 2.05) is 17.9 Å². The van der Waals surface area contributed by atoms with Gasteiger partial charge < -0.3 is 15.1 Å². The number of piperidine rings is 1. The molecule has 2 N–H and O–H groups in total. The van der Waals surface area contributed by atoms with E-state index in [4.69, 9.17) is 10.2 Å². The van der Waals surface area contributed by atoms with Crippen molar-refractivity contribution in [3.8, 4) is 0 Å². The molecule has 2 atom stereocenters. The second-order valence-electron chi connectivity index (χ2n) is 5.04. The molecule has 0 saturated carbocycles. The van der Waals surface area contributed by atoms with Gasteiger partial charge >= 0.3 is 0 Å². The highest BCUT2D eigenvalue weighted by atomic mass is 16.4. The molecule has 1 aliphatic rings. The zero-order valence-corrected chi connectivity index (χ0v) is 11.2. The fourth-order valence-electron chi connectivity index (χ4n) is 2.69. The van der Waals surface area contributed by atoms with E-state index < -0.39 is 0 Å². The van der Waals surface area contributed by atoms with Crippen LogP contribution in [0.5, 0.6) is 0 Å². The quantitative estimate of drug-likeness (QED) is 0.893. The number of nitrogens with two attached hydrogens (primary N) is 1. The van der Waals surface area contributed by atoms with Gasteiger partial charge in [-0.3, -0.25) is 4.79 Å². The number of rotatable bonds is 3. The molecule has 4 heteroatoms. The number of hydrogen-bond acceptors (Lipinski definition) is 3. The number of aryl methyl sites for hydroxylation is 1. The molecule has 1 aromatic rings. The first kappa shape index (κ1) is 13.1. The van der Waals surface area contributed by atoms with Crippen molar-refractivity contribution in [2.75, 3.05) is 13.1 Å². The van der Waals surface area contributed by atoms with E-state index >= 15 is 0 Å². The van der Waals surface area contributed by atoms with Crippen molar-refractivity contribution in [2.45, 2.75) is 39.2 Å². The molecular formula is C14H22N2O2. The van der Waals surface area contributed by atoms with Gasteiger partial charge in [0.2, 0.25) is 0 Å². The number of hydrogen-bond donors (Lipinski definition) is 1. The molecule has 1 aliphatic heterocycles. The lowest BCUT2D eigenvalue weighted by Crippen LogP contribution is -2.51. The largest absolute Gasteiger partial charge is 0.456 e. The minimum atomic E-state index is -0.0169. The molecule has 0 radical (unpaired) electrons. The number of carbonyl (C=O) groups is 1. The van der Waals surface area contributed by atoms with Crippen LogP contribution < -0.4 is 5.73 Å². The van der Waals surface area contributed by atoms with Crippen LogP contribution in [-0.4, -0.2) is 29.9 Å². The van der Waals surface area contributed by atoms with E-state index in [-0.39, 0.29) is 11.9 Å². The van der Waals surface area contributed by atoms with Gasteiger partial charge in [0.15, 0.2) is 5.76 Å². The average Bonchev–Trinajstić information content (AvgIpc) is 2.86. The van der Waals surface area contributed by atoms with Crippen molar-refractivity contribution < 1.29 is 9.21 Å². The maximum Gasteiger partial charge on any atom is 0.289 e. The molecule has 0 spiro atoms. The lowest BCUT2D eigenvalue weighted by atomic mass is 9.90. The second kappa shape index (κ2) is 5.57. The summed E-state index contributed by atoms with van der Waals surface area (Å²) in [6.45, 7) is 5.48. The van der Waals surface area contributed by atoms with E-state index in [9.17, 15) is 4.79 Å². The van der Waals surface area contributed by atoms with E-state index in [0.29, 0.717) is 18.2 Å². The Morgan fingerprint density at radius 3 is 2.94 bits per heavy atom. The highest BCUT2D eigenvalue weighted by Crippen LogP contribution is 2.24. The Morgan fingerprint density at radius 2 is 2.33 bits per heavy atom.